The van der Waals surface area contributed by atoms with Gasteiger partial charge in [0, 0.05) is 5.39 Å². The highest BCUT2D eigenvalue weighted by molar-refractivity contribution is 5.90. The lowest BCUT2D eigenvalue weighted by Crippen LogP contribution is -1.99. The number of ether oxygens (including phenoxy) is 1. The van der Waals surface area contributed by atoms with Crippen LogP contribution in [0.25, 0.3) is 10.8 Å². The van der Waals surface area contributed by atoms with Gasteiger partial charge in [-0.2, -0.15) is 5.26 Å². The van der Waals surface area contributed by atoms with Gasteiger partial charge < -0.3 is 4.74 Å². The van der Waals surface area contributed by atoms with E-state index in [2.05, 4.69) is 13.0 Å². The second kappa shape index (κ2) is 6.80. The zero-order valence-corrected chi connectivity index (χ0v) is 11.4. The van der Waals surface area contributed by atoms with Crippen molar-refractivity contribution < 1.29 is 4.74 Å². The Kier molecular flexibility index (Phi) is 4.80. The van der Waals surface area contributed by atoms with Gasteiger partial charge in [-0.3, -0.25) is 0 Å². The first-order valence-electron chi connectivity index (χ1n) is 6.91. The van der Waals surface area contributed by atoms with Crippen molar-refractivity contribution in [2.24, 2.45) is 0 Å². The van der Waals surface area contributed by atoms with Gasteiger partial charge in [-0.15, -0.1) is 0 Å². The van der Waals surface area contributed by atoms with Crippen molar-refractivity contribution >= 4 is 10.8 Å². The van der Waals surface area contributed by atoms with Crippen LogP contribution < -0.4 is 4.74 Å². The summed E-state index contributed by atoms with van der Waals surface area (Å²) >= 11 is 0. The van der Waals surface area contributed by atoms with Crippen LogP contribution in [0, 0.1) is 11.3 Å². The third-order valence-electron chi connectivity index (χ3n) is 3.26. The Morgan fingerprint density at radius 2 is 1.89 bits per heavy atom. The minimum atomic E-state index is 0.647. The van der Waals surface area contributed by atoms with Crippen LogP contribution in [0.5, 0.6) is 5.75 Å². The average Bonchev–Trinajstić information content (AvgIpc) is 2.46. The van der Waals surface area contributed by atoms with Crippen LogP contribution in [0.2, 0.25) is 0 Å². The molecular weight excluding hydrogens is 234 g/mol. The topological polar surface area (TPSA) is 33.0 Å². The predicted molar refractivity (Wildman–Crippen MR) is 78.3 cm³/mol. The zero-order chi connectivity index (χ0) is 13.5. The molecule has 0 amide bonds. The predicted octanol–water partition coefficient (Wildman–Crippen LogP) is 4.67. The summed E-state index contributed by atoms with van der Waals surface area (Å²) in [5.74, 6) is 0.706. The monoisotopic (exact) mass is 253 g/mol. The maximum absolute atomic E-state index is 9.33. The van der Waals surface area contributed by atoms with Crippen LogP contribution >= 0.6 is 0 Å². The molecule has 2 nitrogen and oxygen atoms in total. The van der Waals surface area contributed by atoms with Crippen LogP contribution in [0.4, 0.5) is 0 Å². The number of nitriles is 1. The molecule has 0 saturated carbocycles. The van der Waals surface area contributed by atoms with Gasteiger partial charge in [0.25, 0.3) is 0 Å². The van der Waals surface area contributed by atoms with E-state index in [9.17, 15) is 5.26 Å². The number of unbranched alkanes of at least 4 members (excludes halogenated alkanes) is 3. The number of fused-ring (bicyclic) bond motifs is 1. The molecular formula is C17H19NO. The number of hydrogen-bond acceptors (Lipinski definition) is 2. The van der Waals surface area contributed by atoms with E-state index >= 15 is 0 Å². The molecule has 0 aromatic heterocycles. The molecule has 0 aliphatic rings. The third-order valence-corrected chi connectivity index (χ3v) is 3.26. The summed E-state index contributed by atoms with van der Waals surface area (Å²) in [5, 5.41) is 11.4. The molecule has 0 atom stereocenters. The third kappa shape index (κ3) is 3.26. The van der Waals surface area contributed by atoms with Gasteiger partial charge in [0.2, 0.25) is 0 Å². The Balaban J connectivity index is 2.13. The molecule has 0 aliphatic heterocycles. The van der Waals surface area contributed by atoms with Crippen molar-refractivity contribution in [3.63, 3.8) is 0 Å². The first kappa shape index (κ1) is 13.4. The molecule has 0 N–H and O–H groups in total. The summed E-state index contributed by atoms with van der Waals surface area (Å²) in [4.78, 5) is 0. The number of benzene rings is 2. The molecule has 0 aliphatic carbocycles. The summed E-state index contributed by atoms with van der Waals surface area (Å²) in [6.07, 6.45) is 4.70. The van der Waals surface area contributed by atoms with Gasteiger partial charge in [0.1, 0.15) is 17.4 Å². The Morgan fingerprint density at radius 3 is 2.68 bits per heavy atom. The van der Waals surface area contributed by atoms with Crippen LogP contribution in [0.1, 0.15) is 38.2 Å². The molecule has 2 aromatic carbocycles. The van der Waals surface area contributed by atoms with E-state index < -0.39 is 0 Å². The summed E-state index contributed by atoms with van der Waals surface area (Å²) in [7, 11) is 0. The minimum absolute atomic E-state index is 0.647. The Morgan fingerprint density at radius 1 is 1.05 bits per heavy atom. The minimum Gasteiger partial charge on any atom is -0.492 e. The molecule has 2 rings (SSSR count). The molecule has 98 valence electrons. The molecule has 0 heterocycles. The van der Waals surface area contributed by atoms with Gasteiger partial charge >= 0.3 is 0 Å². The van der Waals surface area contributed by atoms with E-state index in [1.807, 2.05) is 36.4 Å². The summed E-state index contributed by atoms with van der Waals surface area (Å²) in [6, 6.07) is 14.1. The average molecular weight is 253 g/mol. The first-order chi connectivity index (χ1) is 9.36. The van der Waals surface area contributed by atoms with Gasteiger partial charge in [-0.05, 0) is 17.9 Å². The van der Waals surface area contributed by atoms with Crippen molar-refractivity contribution in [2.45, 2.75) is 32.6 Å². The molecule has 19 heavy (non-hydrogen) atoms. The maximum atomic E-state index is 9.33. The van der Waals surface area contributed by atoms with E-state index in [1.165, 1.54) is 19.3 Å². The number of hydrogen-bond donors (Lipinski definition) is 0. The van der Waals surface area contributed by atoms with Gasteiger partial charge in [-0.1, -0.05) is 56.5 Å². The van der Waals surface area contributed by atoms with Gasteiger partial charge in [0.05, 0.1) is 6.61 Å². The molecule has 0 unspecified atom stereocenters. The fourth-order valence-corrected chi connectivity index (χ4v) is 2.20. The van der Waals surface area contributed by atoms with E-state index in [0.717, 1.165) is 17.2 Å². The van der Waals surface area contributed by atoms with E-state index in [0.29, 0.717) is 17.9 Å². The summed E-state index contributed by atoms with van der Waals surface area (Å²) in [6.45, 7) is 2.88. The van der Waals surface area contributed by atoms with Gasteiger partial charge in [-0.25, -0.2) is 0 Å². The number of nitrogens with zero attached hydrogens (tertiary/aromatic N) is 1. The van der Waals surface area contributed by atoms with Crippen molar-refractivity contribution in [1.29, 1.82) is 5.26 Å². The SMILES string of the molecule is CCCCCCOc1ccc2ccccc2c1C#N. The highest BCUT2D eigenvalue weighted by Crippen LogP contribution is 2.27. The quantitative estimate of drug-likeness (QED) is 0.701. The van der Waals surface area contributed by atoms with E-state index in [4.69, 9.17) is 4.74 Å². The molecule has 2 heteroatoms. The zero-order valence-electron chi connectivity index (χ0n) is 11.4. The van der Waals surface area contributed by atoms with Crippen LogP contribution in [0.3, 0.4) is 0 Å². The van der Waals surface area contributed by atoms with Crippen LogP contribution in [-0.2, 0) is 0 Å². The van der Waals surface area contributed by atoms with Crippen LogP contribution in [-0.4, -0.2) is 6.61 Å². The summed E-state index contributed by atoms with van der Waals surface area (Å²) in [5.41, 5.74) is 0.647. The lowest BCUT2D eigenvalue weighted by atomic mass is 10.0. The molecule has 2 aromatic rings. The number of rotatable bonds is 6. The summed E-state index contributed by atoms with van der Waals surface area (Å²) < 4.78 is 5.76. The van der Waals surface area contributed by atoms with E-state index in [1.54, 1.807) is 0 Å². The Labute approximate surface area is 114 Å². The maximum Gasteiger partial charge on any atom is 0.137 e. The van der Waals surface area contributed by atoms with E-state index in [-0.39, 0.29) is 0 Å². The van der Waals surface area contributed by atoms with Crippen molar-refractivity contribution in [1.82, 2.24) is 0 Å². The lowest BCUT2D eigenvalue weighted by Gasteiger charge is -2.09. The highest BCUT2D eigenvalue weighted by Gasteiger charge is 2.07. The van der Waals surface area contributed by atoms with Crippen LogP contribution in [0.15, 0.2) is 36.4 Å². The molecule has 0 radical (unpaired) electrons. The molecule has 0 saturated heterocycles. The molecule has 0 bridgehead atoms. The lowest BCUT2D eigenvalue weighted by molar-refractivity contribution is 0.304. The largest absolute Gasteiger partial charge is 0.492 e. The smallest absolute Gasteiger partial charge is 0.137 e. The fourth-order valence-electron chi connectivity index (χ4n) is 2.20. The first-order valence-corrected chi connectivity index (χ1v) is 6.91. The second-order valence-corrected chi connectivity index (χ2v) is 4.68. The Bertz CT molecular complexity index is 583. The van der Waals surface area contributed by atoms with Crippen molar-refractivity contribution in [2.75, 3.05) is 6.61 Å². The Hall–Kier alpha value is -2.01. The standard InChI is InChI=1S/C17H19NO/c1-2-3-4-7-12-19-17-11-10-14-8-5-6-9-15(14)16(17)13-18/h5-6,8-11H,2-4,7,12H2,1H3. The molecule has 0 fully saturated rings. The van der Waals surface area contributed by atoms with Crippen molar-refractivity contribution in [3.05, 3.63) is 42.0 Å². The second-order valence-electron chi connectivity index (χ2n) is 4.68. The normalized spacial score (nSPS) is 10.3. The van der Waals surface area contributed by atoms with Gasteiger partial charge in [0.15, 0.2) is 0 Å². The highest BCUT2D eigenvalue weighted by atomic mass is 16.5. The van der Waals surface area contributed by atoms with Crippen molar-refractivity contribution in [3.8, 4) is 11.8 Å². The molecule has 0 spiro atoms. The fraction of sp³-hybridized carbons (Fsp3) is 0.353.